The number of halogens is 1. The van der Waals surface area contributed by atoms with E-state index in [2.05, 4.69) is 5.32 Å². The van der Waals surface area contributed by atoms with Gasteiger partial charge in [-0.05, 0) is 23.2 Å². The number of benzene rings is 1. The summed E-state index contributed by atoms with van der Waals surface area (Å²) in [6.45, 7) is 5.83. The Hall–Kier alpha value is -2.46. The van der Waals surface area contributed by atoms with Crippen LogP contribution in [0.1, 0.15) is 31.9 Å². The van der Waals surface area contributed by atoms with Crippen LogP contribution in [-0.4, -0.2) is 18.7 Å². The first-order valence-corrected chi connectivity index (χ1v) is 8.81. The molecule has 0 saturated carbocycles. The van der Waals surface area contributed by atoms with Gasteiger partial charge in [-0.1, -0.05) is 51.1 Å². The Labute approximate surface area is 159 Å². The summed E-state index contributed by atoms with van der Waals surface area (Å²) in [5, 5.41) is 3.08. The van der Waals surface area contributed by atoms with Gasteiger partial charge in [-0.2, -0.15) is 4.57 Å². The maximum atomic E-state index is 12.4. The third-order valence-electron chi connectivity index (χ3n) is 4.04. The fourth-order valence-corrected chi connectivity index (χ4v) is 2.53. The molecule has 1 amide bonds. The molecule has 5 heteroatoms. The van der Waals surface area contributed by atoms with Crippen LogP contribution in [0.15, 0.2) is 54.7 Å². The monoisotopic (exact) mass is 371 g/mol. The molecule has 2 aromatic rings. The molecule has 1 heterocycles. The van der Waals surface area contributed by atoms with E-state index in [4.69, 9.17) is 11.6 Å². The first kappa shape index (κ1) is 19.9. The van der Waals surface area contributed by atoms with Crippen LogP contribution in [-0.2, 0) is 16.1 Å². The van der Waals surface area contributed by atoms with Crippen molar-refractivity contribution >= 4 is 28.9 Å². The highest BCUT2D eigenvalue weighted by Crippen LogP contribution is 2.23. The van der Waals surface area contributed by atoms with Gasteiger partial charge in [0.2, 0.25) is 18.2 Å². The van der Waals surface area contributed by atoms with Gasteiger partial charge in [0.15, 0.2) is 6.20 Å². The predicted molar refractivity (Wildman–Crippen MR) is 104 cm³/mol. The van der Waals surface area contributed by atoms with Crippen molar-refractivity contribution in [3.05, 3.63) is 71.0 Å². The van der Waals surface area contributed by atoms with Gasteiger partial charge in [0.1, 0.15) is 0 Å². The molecule has 1 aromatic carbocycles. The highest BCUT2D eigenvalue weighted by atomic mass is 35.5. The molecule has 0 aliphatic rings. The predicted octanol–water partition coefficient (Wildman–Crippen LogP) is 3.42. The number of carbonyl (C=O) groups excluding carboxylic acids is 2. The molecule has 0 fully saturated rings. The van der Waals surface area contributed by atoms with Crippen molar-refractivity contribution in [3.63, 3.8) is 0 Å². The van der Waals surface area contributed by atoms with Crippen LogP contribution in [0.3, 0.4) is 0 Å². The highest BCUT2D eigenvalue weighted by molar-refractivity contribution is 6.28. The average Bonchev–Trinajstić information content (AvgIpc) is 2.61. The van der Waals surface area contributed by atoms with Crippen molar-refractivity contribution in [2.45, 2.75) is 27.3 Å². The molecule has 0 radical (unpaired) electrons. The Balaban J connectivity index is 2.50. The molecule has 0 aliphatic carbocycles. The number of hydrogen-bond acceptors (Lipinski definition) is 2. The normalized spacial score (nSPS) is 12.0. The van der Waals surface area contributed by atoms with Crippen molar-refractivity contribution < 1.29 is 14.2 Å². The minimum atomic E-state index is -0.452. The molecule has 0 atom stereocenters. The van der Waals surface area contributed by atoms with E-state index in [1.165, 1.54) is 0 Å². The molecule has 136 valence electrons. The van der Waals surface area contributed by atoms with Gasteiger partial charge in [0, 0.05) is 35.7 Å². The topological polar surface area (TPSA) is 50.1 Å². The van der Waals surface area contributed by atoms with Crippen LogP contribution in [0.25, 0.3) is 5.57 Å². The number of nitrogens with one attached hydrogen (secondary N) is 1. The SMILES string of the molecule is CNC(=O)C=C(c1ccccc1)c1ccc(Cl)[n+](CC(=O)C(C)(C)C)c1. The van der Waals surface area contributed by atoms with E-state index in [0.717, 1.165) is 16.7 Å². The van der Waals surface area contributed by atoms with Gasteiger partial charge in [-0.3, -0.25) is 9.59 Å². The van der Waals surface area contributed by atoms with Crippen LogP contribution in [0.4, 0.5) is 0 Å². The van der Waals surface area contributed by atoms with Crippen LogP contribution < -0.4 is 9.88 Å². The van der Waals surface area contributed by atoms with E-state index < -0.39 is 5.41 Å². The lowest BCUT2D eigenvalue weighted by Crippen LogP contribution is -2.43. The maximum absolute atomic E-state index is 12.4. The Morgan fingerprint density at radius 2 is 1.73 bits per heavy atom. The number of carbonyl (C=O) groups is 2. The Kier molecular flexibility index (Phi) is 6.32. The van der Waals surface area contributed by atoms with Gasteiger partial charge in [0.25, 0.3) is 5.15 Å². The average molecular weight is 372 g/mol. The summed E-state index contributed by atoms with van der Waals surface area (Å²) < 4.78 is 1.71. The molecular formula is C21H24ClN2O2+. The smallest absolute Gasteiger partial charge is 0.275 e. The summed E-state index contributed by atoms with van der Waals surface area (Å²) in [4.78, 5) is 24.4. The van der Waals surface area contributed by atoms with Gasteiger partial charge in [-0.25, -0.2) is 0 Å². The molecule has 0 bridgehead atoms. The van der Waals surface area contributed by atoms with E-state index >= 15 is 0 Å². The van der Waals surface area contributed by atoms with Gasteiger partial charge in [0.05, 0.1) is 0 Å². The number of hydrogen-bond donors (Lipinski definition) is 1. The van der Waals surface area contributed by atoms with E-state index in [9.17, 15) is 9.59 Å². The van der Waals surface area contributed by atoms with Crippen molar-refractivity contribution in [2.24, 2.45) is 5.41 Å². The summed E-state index contributed by atoms with van der Waals surface area (Å²) in [5.74, 6) is -0.116. The zero-order valence-corrected chi connectivity index (χ0v) is 16.3. The second kappa shape index (κ2) is 8.28. The number of likely N-dealkylation sites (N-methyl/N-ethyl adjacent to an activating group) is 1. The molecule has 4 nitrogen and oxygen atoms in total. The molecular weight excluding hydrogens is 348 g/mol. The quantitative estimate of drug-likeness (QED) is 0.497. The Morgan fingerprint density at radius 1 is 1.08 bits per heavy atom. The Bertz CT molecular complexity index is 837. The number of ketones is 1. The number of rotatable bonds is 5. The first-order chi connectivity index (χ1) is 12.2. The van der Waals surface area contributed by atoms with E-state index in [1.54, 1.807) is 23.8 Å². The molecule has 0 saturated heterocycles. The van der Waals surface area contributed by atoms with Crippen molar-refractivity contribution in [3.8, 4) is 0 Å². The number of aromatic nitrogens is 1. The summed E-state index contributed by atoms with van der Waals surface area (Å²) in [6.07, 6.45) is 3.36. The van der Waals surface area contributed by atoms with Crippen LogP contribution >= 0.6 is 11.6 Å². The van der Waals surface area contributed by atoms with Crippen LogP contribution in [0.5, 0.6) is 0 Å². The molecule has 1 N–H and O–H groups in total. The Morgan fingerprint density at radius 3 is 2.31 bits per heavy atom. The van der Waals surface area contributed by atoms with E-state index in [-0.39, 0.29) is 18.2 Å². The van der Waals surface area contributed by atoms with Gasteiger partial charge < -0.3 is 5.32 Å². The minimum Gasteiger partial charge on any atom is -0.356 e. The number of nitrogens with zero attached hydrogens (tertiary/aromatic N) is 1. The molecule has 0 spiro atoms. The van der Waals surface area contributed by atoms with Crippen molar-refractivity contribution in [1.82, 2.24) is 5.32 Å². The lowest BCUT2D eigenvalue weighted by molar-refractivity contribution is -0.682. The molecule has 0 aliphatic heterocycles. The number of Topliss-reactive ketones (excluding diaryl/α,β-unsaturated/α-hetero) is 1. The number of amides is 1. The summed E-state index contributed by atoms with van der Waals surface area (Å²) in [7, 11) is 1.59. The first-order valence-electron chi connectivity index (χ1n) is 8.44. The zero-order chi connectivity index (χ0) is 19.3. The fraction of sp³-hybridized carbons (Fsp3) is 0.286. The fourth-order valence-electron chi connectivity index (χ4n) is 2.35. The second-order valence-corrected chi connectivity index (χ2v) is 7.47. The van der Waals surface area contributed by atoms with Crippen LogP contribution in [0.2, 0.25) is 5.15 Å². The zero-order valence-electron chi connectivity index (χ0n) is 15.5. The van der Waals surface area contributed by atoms with E-state index in [0.29, 0.717) is 5.15 Å². The third-order valence-corrected chi connectivity index (χ3v) is 4.38. The highest BCUT2D eigenvalue weighted by Gasteiger charge is 2.26. The van der Waals surface area contributed by atoms with Crippen LogP contribution in [0, 0.1) is 5.41 Å². The van der Waals surface area contributed by atoms with Crippen molar-refractivity contribution in [1.29, 1.82) is 0 Å². The molecule has 26 heavy (non-hydrogen) atoms. The minimum absolute atomic E-state index is 0.0816. The molecule has 2 rings (SSSR count). The third kappa shape index (κ3) is 5.02. The molecule has 0 unspecified atom stereocenters. The lowest BCUT2D eigenvalue weighted by Gasteiger charge is -2.14. The second-order valence-electron chi connectivity index (χ2n) is 7.08. The van der Waals surface area contributed by atoms with Crippen molar-refractivity contribution in [2.75, 3.05) is 7.05 Å². The maximum Gasteiger partial charge on any atom is 0.275 e. The standard InChI is InChI=1S/C21H23ClN2O2/c1-21(2,3)18(25)14-24-13-16(10-11-19(24)22)17(12-20(26)23-4)15-8-6-5-7-9-15/h5-13H,14H2,1-4H3/p+1. The largest absolute Gasteiger partial charge is 0.356 e. The van der Waals surface area contributed by atoms with Gasteiger partial charge >= 0.3 is 0 Å². The summed E-state index contributed by atoms with van der Waals surface area (Å²) in [6, 6.07) is 13.2. The molecule has 1 aromatic heterocycles. The van der Waals surface area contributed by atoms with Gasteiger partial charge in [-0.15, -0.1) is 0 Å². The number of pyridine rings is 1. The lowest BCUT2D eigenvalue weighted by atomic mass is 9.91. The summed E-state index contributed by atoms with van der Waals surface area (Å²) in [5.41, 5.74) is 2.03. The summed E-state index contributed by atoms with van der Waals surface area (Å²) >= 11 is 6.29. The van der Waals surface area contributed by atoms with E-state index in [1.807, 2.05) is 63.4 Å².